The fourth-order valence-electron chi connectivity index (χ4n) is 4.75. The minimum Gasteiger partial charge on any atom is -0.365 e. The van der Waals surface area contributed by atoms with Crippen LogP contribution >= 0.6 is 0 Å². The fraction of sp³-hybridized carbons (Fsp3) is 0.565. The SMILES string of the molecule is C=C/C=C(/CCN1CCC2(CC1)CN(c1ncccc1C)CC1(CC1)O2)C(=O)F. The maximum absolute atomic E-state index is 13.1. The Morgan fingerprint density at radius 2 is 1.97 bits per heavy atom. The molecule has 6 heteroatoms. The van der Waals surface area contributed by atoms with Crippen molar-refractivity contribution in [3.05, 3.63) is 48.2 Å². The first-order valence-electron chi connectivity index (χ1n) is 10.5. The third-order valence-corrected chi connectivity index (χ3v) is 6.52. The molecule has 0 aromatic carbocycles. The molecule has 156 valence electrons. The maximum Gasteiger partial charge on any atom is 0.328 e. The average molecular weight is 400 g/mol. The van der Waals surface area contributed by atoms with E-state index in [1.165, 1.54) is 17.7 Å². The van der Waals surface area contributed by atoms with Crippen LogP contribution in [-0.2, 0) is 9.53 Å². The van der Waals surface area contributed by atoms with Gasteiger partial charge in [0.2, 0.25) is 0 Å². The number of hydrogen-bond donors (Lipinski definition) is 0. The molecule has 3 aliphatic rings. The average Bonchev–Trinajstić information content (AvgIpc) is 3.44. The Morgan fingerprint density at radius 1 is 1.28 bits per heavy atom. The number of carbonyl (C=O) groups is 1. The summed E-state index contributed by atoms with van der Waals surface area (Å²) in [5.41, 5.74) is 1.24. The molecule has 0 atom stereocenters. The number of hydrogen-bond acceptors (Lipinski definition) is 5. The Morgan fingerprint density at radius 3 is 2.55 bits per heavy atom. The molecule has 2 aliphatic heterocycles. The molecular formula is C23H30FN3O2. The number of allylic oxidation sites excluding steroid dienone is 2. The fourth-order valence-corrected chi connectivity index (χ4v) is 4.75. The van der Waals surface area contributed by atoms with Crippen molar-refractivity contribution in [1.82, 2.24) is 9.88 Å². The Balaban J connectivity index is 1.40. The minimum atomic E-state index is -1.36. The molecule has 2 saturated heterocycles. The third-order valence-electron chi connectivity index (χ3n) is 6.52. The highest BCUT2D eigenvalue weighted by Gasteiger charge is 2.56. The number of likely N-dealkylation sites (tertiary alicyclic amines) is 1. The van der Waals surface area contributed by atoms with Gasteiger partial charge in [-0.2, -0.15) is 4.39 Å². The van der Waals surface area contributed by atoms with Gasteiger partial charge in [-0.15, -0.1) is 0 Å². The van der Waals surface area contributed by atoms with Crippen molar-refractivity contribution in [3.8, 4) is 0 Å². The van der Waals surface area contributed by atoms with Gasteiger partial charge in [0.15, 0.2) is 0 Å². The van der Waals surface area contributed by atoms with E-state index in [1.807, 2.05) is 12.3 Å². The number of nitrogens with zero attached hydrogens (tertiary/aromatic N) is 3. The van der Waals surface area contributed by atoms with Crippen LogP contribution < -0.4 is 4.90 Å². The van der Waals surface area contributed by atoms with Crippen LogP contribution in [0.5, 0.6) is 0 Å². The van der Waals surface area contributed by atoms with Gasteiger partial charge in [-0.1, -0.05) is 24.8 Å². The molecule has 0 radical (unpaired) electrons. The standard InChI is InChI=1S/C23H30FN3O2/c1-3-5-19(20(24)28)7-13-26-14-10-23(11-15-26)17-27(16-22(29-23)8-9-22)21-18(2)6-4-12-25-21/h3-6,12H,1,7-11,13-17H2,2H3/b19-5-. The largest absolute Gasteiger partial charge is 0.365 e. The minimum absolute atomic E-state index is 0.00903. The van der Waals surface area contributed by atoms with E-state index in [0.29, 0.717) is 13.0 Å². The zero-order chi connectivity index (χ0) is 20.5. The van der Waals surface area contributed by atoms with E-state index in [1.54, 1.807) is 0 Å². The molecule has 3 heterocycles. The number of piperidine rings is 1. The molecule has 0 unspecified atom stereocenters. The van der Waals surface area contributed by atoms with Gasteiger partial charge in [-0.25, -0.2) is 4.98 Å². The summed E-state index contributed by atoms with van der Waals surface area (Å²) in [5.74, 6) is 1.07. The van der Waals surface area contributed by atoms with E-state index < -0.39 is 6.04 Å². The number of carbonyl (C=O) groups excluding carboxylic acids is 1. The molecule has 1 aromatic rings. The van der Waals surface area contributed by atoms with E-state index in [0.717, 1.165) is 57.7 Å². The van der Waals surface area contributed by atoms with Crippen LogP contribution in [0.1, 0.15) is 37.7 Å². The van der Waals surface area contributed by atoms with Crippen molar-refractivity contribution < 1.29 is 13.9 Å². The number of ether oxygens (including phenoxy) is 1. The smallest absolute Gasteiger partial charge is 0.328 e. The normalized spacial score (nSPS) is 23.4. The molecule has 1 aromatic heterocycles. The molecule has 0 bridgehead atoms. The zero-order valence-corrected chi connectivity index (χ0v) is 17.2. The van der Waals surface area contributed by atoms with Crippen molar-refractivity contribution in [2.45, 2.75) is 50.2 Å². The molecule has 4 rings (SSSR count). The first-order valence-corrected chi connectivity index (χ1v) is 10.5. The molecule has 0 amide bonds. The predicted molar refractivity (Wildman–Crippen MR) is 112 cm³/mol. The quantitative estimate of drug-likeness (QED) is 0.416. The topological polar surface area (TPSA) is 45.7 Å². The summed E-state index contributed by atoms with van der Waals surface area (Å²) in [6, 6.07) is 2.75. The third kappa shape index (κ3) is 4.43. The molecule has 1 saturated carbocycles. The number of pyridine rings is 1. The highest BCUT2D eigenvalue weighted by Crippen LogP contribution is 2.49. The first-order chi connectivity index (χ1) is 13.9. The lowest BCUT2D eigenvalue weighted by Gasteiger charge is -2.51. The molecule has 5 nitrogen and oxygen atoms in total. The number of anilines is 1. The summed E-state index contributed by atoms with van der Waals surface area (Å²) in [4.78, 5) is 20.5. The molecule has 0 N–H and O–H groups in total. The second kappa shape index (κ2) is 8.00. The monoisotopic (exact) mass is 399 g/mol. The van der Waals surface area contributed by atoms with Gasteiger partial charge in [-0.3, -0.25) is 4.79 Å². The van der Waals surface area contributed by atoms with Crippen LogP contribution in [0.3, 0.4) is 0 Å². The Hall–Kier alpha value is -2.05. The summed E-state index contributed by atoms with van der Waals surface area (Å²) in [6.07, 6.45) is 9.36. The van der Waals surface area contributed by atoms with Gasteiger partial charge in [0.1, 0.15) is 5.82 Å². The predicted octanol–water partition coefficient (Wildman–Crippen LogP) is 3.59. The van der Waals surface area contributed by atoms with E-state index in [-0.39, 0.29) is 16.8 Å². The van der Waals surface area contributed by atoms with Gasteiger partial charge in [0, 0.05) is 44.5 Å². The Kier molecular flexibility index (Phi) is 5.58. The number of rotatable bonds is 6. The van der Waals surface area contributed by atoms with Crippen molar-refractivity contribution in [2.24, 2.45) is 0 Å². The van der Waals surface area contributed by atoms with Crippen LogP contribution in [0.15, 0.2) is 42.6 Å². The lowest BCUT2D eigenvalue weighted by Crippen LogP contribution is -2.61. The highest BCUT2D eigenvalue weighted by atomic mass is 19.1. The van der Waals surface area contributed by atoms with Gasteiger partial charge in [0.25, 0.3) is 0 Å². The maximum atomic E-state index is 13.1. The van der Waals surface area contributed by atoms with Crippen LogP contribution in [0.4, 0.5) is 10.2 Å². The number of aryl methyl sites for hydroxylation is 1. The van der Waals surface area contributed by atoms with E-state index in [2.05, 4.69) is 34.4 Å². The zero-order valence-electron chi connectivity index (χ0n) is 17.2. The van der Waals surface area contributed by atoms with Crippen molar-refractivity contribution >= 4 is 11.9 Å². The summed E-state index contributed by atoms with van der Waals surface area (Å²) < 4.78 is 19.8. The van der Waals surface area contributed by atoms with E-state index >= 15 is 0 Å². The van der Waals surface area contributed by atoms with Crippen LogP contribution in [-0.4, -0.2) is 59.8 Å². The molecule has 2 spiro atoms. The van der Waals surface area contributed by atoms with Gasteiger partial charge < -0.3 is 14.5 Å². The van der Waals surface area contributed by atoms with Gasteiger partial charge in [0.05, 0.1) is 11.2 Å². The van der Waals surface area contributed by atoms with E-state index in [9.17, 15) is 9.18 Å². The lowest BCUT2D eigenvalue weighted by molar-refractivity contribution is -0.146. The molecular weight excluding hydrogens is 369 g/mol. The van der Waals surface area contributed by atoms with Crippen molar-refractivity contribution in [3.63, 3.8) is 0 Å². The van der Waals surface area contributed by atoms with E-state index in [4.69, 9.17) is 4.74 Å². The van der Waals surface area contributed by atoms with Gasteiger partial charge in [-0.05, 0) is 50.7 Å². The van der Waals surface area contributed by atoms with Gasteiger partial charge >= 0.3 is 6.04 Å². The molecule has 29 heavy (non-hydrogen) atoms. The van der Waals surface area contributed by atoms with Crippen molar-refractivity contribution in [1.29, 1.82) is 0 Å². The summed E-state index contributed by atoms with van der Waals surface area (Å²) in [7, 11) is 0. The second-order valence-electron chi connectivity index (χ2n) is 8.76. The summed E-state index contributed by atoms with van der Waals surface area (Å²) in [5, 5.41) is 0. The Bertz CT molecular complexity index is 810. The first kappa shape index (κ1) is 20.2. The highest BCUT2D eigenvalue weighted by molar-refractivity contribution is 5.87. The summed E-state index contributed by atoms with van der Waals surface area (Å²) in [6.45, 7) is 9.93. The lowest BCUT2D eigenvalue weighted by atomic mass is 9.87. The Labute approximate surface area is 172 Å². The second-order valence-corrected chi connectivity index (χ2v) is 8.76. The van der Waals surface area contributed by atoms with Crippen LogP contribution in [0, 0.1) is 6.92 Å². The van der Waals surface area contributed by atoms with Crippen LogP contribution in [0.2, 0.25) is 0 Å². The summed E-state index contributed by atoms with van der Waals surface area (Å²) >= 11 is 0. The van der Waals surface area contributed by atoms with Crippen molar-refractivity contribution in [2.75, 3.05) is 37.6 Å². The number of halogens is 1. The number of morpholine rings is 1. The molecule has 1 aliphatic carbocycles. The number of aromatic nitrogens is 1. The molecule has 3 fully saturated rings. The van der Waals surface area contributed by atoms with Crippen LogP contribution in [0.25, 0.3) is 0 Å².